The minimum atomic E-state index is -1.03. The van der Waals surface area contributed by atoms with Crippen LogP contribution < -0.4 is 0 Å². The zero-order chi connectivity index (χ0) is 12.5. The van der Waals surface area contributed by atoms with Crippen LogP contribution in [0, 0.1) is 0 Å². The summed E-state index contributed by atoms with van der Waals surface area (Å²) in [6.07, 6.45) is 0.988. The van der Waals surface area contributed by atoms with Crippen LogP contribution in [-0.2, 0) is 16.1 Å². The van der Waals surface area contributed by atoms with E-state index in [9.17, 15) is 4.79 Å². The maximum Gasteiger partial charge on any atom is 0.354 e. The normalized spacial score (nSPS) is 10.4. The number of nitrogens with zero attached hydrogens (tertiary/aromatic N) is 1. The molecule has 0 fully saturated rings. The quantitative estimate of drug-likeness (QED) is 0.699. The highest BCUT2D eigenvalue weighted by atomic mass is 16.5. The van der Waals surface area contributed by atoms with Gasteiger partial charge in [-0.3, -0.25) is 0 Å². The van der Waals surface area contributed by atoms with Gasteiger partial charge in [0, 0.05) is 6.61 Å². The highest BCUT2D eigenvalue weighted by Crippen LogP contribution is 2.01. The third kappa shape index (κ3) is 5.42. The molecule has 0 bridgehead atoms. The molecule has 5 heteroatoms. The van der Waals surface area contributed by atoms with Crippen molar-refractivity contribution in [1.29, 1.82) is 0 Å². The highest BCUT2D eigenvalue weighted by Gasteiger charge is 2.04. The van der Waals surface area contributed by atoms with Gasteiger partial charge in [0.15, 0.2) is 0 Å². The summed E-state index contributed by atoms with van der Waals surface area (Å²) in [6.45, 7) is 4.11. The minimum absolute atomic E-state index is 0.0355. The van der Waals surface area contributed by atoms with Gasteiger partial charge in [0.05, 0.1) is 25.5 Å². The van der Waals surface area contributed by atoms with Crippen molar-refractivity contribution < 1.29 is 19.4 Å². The van der Waals surface area contributed by atoms with E-state index in [0.29, 0.717) is 25.5 Å². The van der Waals surface area contributed by atoms with Crippen molar-refractivity contribution in [3.05, 3.63) is 29.6 Å². The molecule has 0 spiro atoms. The molecular formula is C12H17NO4. The van der Waals surface area contributed by atoms with Crippen LogP contribution in [0.1, 0.15) is 29.5 Å². The van der Waals surface area contributed by atoms with Crippen molar-refractivity contribution in [2.45, 2.75) is 20.0 Å². The van der Waals surface area contributed by atoms with Gasteiger partial charge < -0.3 is 14.6 Å². The molecule has 1 N–H and O–H groups in total. The van der Waals surface area contributed by atoms with E-state index in [1.54, 1.807) is 12.1 Å². The Kier molecular flexibility index (Phi) is 6.21. The smallest absolute Gasteiger partial charge is 0.354 e. The Morgan fingerprint density at radius 3 is 2.76 bits per heavy atom. The molecule has 0 amide bonds. The zero-order valence-electron chi connectivity index (χ0n) is 9.89. The third-order valence-electron chi connectivity index (χ3n) is 2.00. The molecule has 0 atom stereocenters. The second-order valence-electron chi connectivity index (χ2n) is 3.48. The van der Waals surface area contributed by atoms with Crippen molar-refractivity contribution in [2.75, 3.05) is 19.8 Å². The van der Waals surface area contributed by atoms with E-state index >= 15 is 0 Å². The number of rotatable bonds is 8. The van der Waals surface area contributed by atoms with E-state index < -0.39 is 5.97 Å². The van der Waals surface area contributed by atoms with Gasteiger partial charge >= 0.3 is 5.97 Å². The first-order valence-electron chi connectivity index (χ1n) is 5.58. The van der Waals surface area contributed by atoms with Gasteiger partial charge in [0.2, 0.25) is 0 Å². The van der Waals surface area contributed by atoms with E-state index in [2.05, 4.69) is 4.98 Å². The van der Waals surface area contributed by atoms with Crippen molar-refractivity contribution in [3.63, 3.8) is 0 Å². The Bertz CT molecular complexity index is 354. The fourth-order valence-corrected chi connectivity index (χ4v) is 1.22. The Labute approximate surface area is 100 Å². The zero-order valence-corrected chi connectivity index (χ0v) is 9.89. The molecule has 0 radical (unpaired) electrons. The van der Waals surface area contributed by atoms with E-state index in [4.69, 9.17) is 14.6 Å². The van der Waals surface area contributed by atoms with Gasteiger partial charge in [-0.2, -0.15) is 0 Å². The fourth-order valence-electron chi connectivity index (χ4n) is 1.22. The lowest BCUT2D eigenvalue weighted by molar-refractivity contribution is 0.0396. The number of carbonyl (C=O) groups is 1. The number of hydrogen-bond donors (Lipinski definition) is 1. The Hall–Kier alpha value is -1.46. The second kappa shape index (κ2) is 7.76. The van der Waals surface area contributed by atoms with E-state index in [0.717, 1.165) is 13.0 Å². The number of ether oxygens (including phenoxy) is 2. The van der Waals surface area contributed by atoms with Gasteiger partial charge in [0.1, 0.15) is 5.69 Å². The van der Waals surface area contributed by atoms with Crippen LogP contribution in [0.15, 0.2) is 18.2 Å². The molecule has 0 aromatic carbocycles. The first kappa shape index (κ1) is 13.6. The van der Waals surface area contributed by atoms with Crippen molar-refractivity contribution >= 4 is 5.97 Å². The summed E-state index contributed by atoms with van der Waals surface area (Å²) < 4.78 is 10.6. The van der Waals surface area contributed by atoms with E-state index in [1.807, 2.05) is 6.92 Å². The number of aromatic carboxylic acids is 1. The van der Waals surface area contributed by atoms with Gasteiger partial charge in [-0.1, -0.05) is 13.0 Å². The molecule has 0 saturated carbocycles. The molecule has 0 aliphatic rings. The summed E-state index contributed by atoms with van der Waals surface area (Å²) in [5.74, 6) is -1.03. The van der Waals surface area contributed by atoms with Gasteiger partial charge in [-0.15, -0.1) is 0 Å². The molecule has 94 valence electrons. The summed E-state index contributed by atoms with van der Waals surface area (Å²) in [4.78, 5) is 14.6. The largest absolute Gasteiger partial charge is 0.477 e. The monoisotopic (exact) mass is 239 g/mol. The predicted octanol–water partition coefficient (Wildman–Crippen LogP) is 1.72. The number of pyridine rings is 1. The minimum Gasteiger partial charge on any atom is -0.477 e. The van der Waals surface area contributed by atoms with Gasteiger partial charge in [0.25, 0.3) is 0 Å². The Morgan fingerprint density at radius 2 is 2.06 bits per heavy atom. The lowest BCUT2D eigenvalue weighted by Crippen LogP contribution is -2.07. The predicted molar refractivity (Wildman–Crippen MR) is 62.0 cm³/mol. The van der Waals surface area contributed by atoms with Crippen LogP contribution in [0.5, 0.6) is 0 Å². The fraction of sp³-hybridized carbons (Fsp3) is 0.500. The number of carboxylic acids is 1. The van der Waals surface area contributed by atoms with Gasteiger partial charge in [-0.25, -0.2) is 9.78 Å². The van der Waals surface area contributed by atoms with Gasteiger partial charge in [-0.05, 0) is 18.6 Å². The lowest BCUT2D eigenvalue weighted by Gasteiger charge is -2.05. The summed E-state index contributed by atoms with van der Waals surface area (Å²) in [5, 5.41) is 8.75. The maximum atomic E-state index is 10.7. The summed E-state index contributed by atoms with van der Waals surface area (Å²) in [6, 6.07) is 4.85. The molecule has 5 nitrogen and oxygen atoms in total. The van der Waals surface area contributed by atoms with Crippen LogP contribution in [0.3, 0.4) is 0 Å². The third-order valence-corrected chi connectivity index (χ3v) is 2.00. The number of hydrogen-bond acceptors (Lipinski definition) is 4. The van der Waals surface area contributed by atoms with Crippen LogP contribution in [0.4, 0.5) is 0 Å². The Balaban J connectivity index is 2.27. The molecule has 1 aromatic rings. The molecule has 0 saturated heterocycles. The maximum absolute atomic E-state index is 10.7. The van der Waals surface area contributed by atoms with E-state index in [-0.39, 0.29) is 5.69 Å². The van der Waals surface area contributed by atoms with Crippen LogP contribution in [-0.4, -0.2) is 35.9 Å². The number of carboxylic acid groups (broad SMARTS) is 1. The highest BCUT2D eigenvalue weighted by molar-refractivity contribution is 5.85. The standard InChI is InChI=1S/C12H17NO4/c1-2-6-16-7-8-17-9-10-4-3-5-11(13-10)12(14)15/h3-5H,2,6-9H2,1H3,(H,14,15). The number of aromatic nitrogens is 1. The molecule has 0 aliphatic carbocycles. The summed E-state index contributed by atoms with van der Waals surface area (Å²) in [5.41, 5.74) is 0.647. The summed E-state index contributed by atoms with van der Waals surface area (Å²) in [7, 11) is 0. The van der Waals surface area contributed by atoms with Crippen molar-refractivity contribution in [3.8, 4) is 0 Å². The molecular weight excluding hydrogens is 222 g/mol. The molecule has 17 heavy (non-hydrogen) atoms. The van der Waals surface area contributed by atoms with Crippen LogP contribution in [0.25, 0.3) is 0 Å². The molecule has 0 aliphatic heterocycles. The average molecular weight is 239 g/mol. The SMILES string of the molecule is CCCOCCOCc1cccc(C(=O)O)n1. The first-order valence-corrected chi connectivity index (χ1v) is 5.58. The van der Waals surface area contributed by atoms with Crippen molar-refractivity contribution in [2.24, 2.45) is 0 Å². The average Bonchev–Trinajstić information content (AvgIpc) is 2.34. The lowest BCUT2D eigenvalue weighted by atomic mass is 10.3. The van der Waals surface area contributed by atoms with Crippen LogP contribution in [0.2, 0.25) is 0 Å². The van der Waals surface area contributed by atoms with Crippen LogP contribution >= 0.6 is 0 Å². The molecule has 0 unspecified atom stereocenters. The van der Waals surface area contributed by atoms with E-state index in [1.165, 1.54) is 6.07 Å². The molecule has 1 rings (SSSR count). The van der Waals surface area contributed by atoms with Crippen molar-refractivity contribution in [1.82, 2.24) is 4.98 Å². The topological polar surface area (TPSA) is 68.7 Å². The first-order chi connectivity index (χ1) is 8.24. The molecule has 1 heterocycles. The Morgan fingerprint density at radius 1 is 1.29 bits per heavy atom. The molecule has 1 aromatic heterocycles. The summed E-state index contributed by atoms with van der Waals surface area (Å²) >= 11 is 0. The second-order valence-corrected chi connectivity index (χ2v) is 3.48.